The highest BCUT2D eigenvalue weighted by atomic mass is 16.5. The maximum atomic E-state index is 13.2. The third-order valence-corrected chi connectivity index (χ3v) is 8.93. The molecule has 4 aliphatic carbocycles. The van der Waals surface area contributed by atoms with Crippen molar-refractivity contribution in [1.29, 1.82) is 0 Å². The summed E-state index contributed by atoms with van der Waals surface area (Å²) < 4.78 is 6.20. The minimum absolute atomic E-state index is 0.126. The highest BCUT2D eigenvalue weighted by molar-refractivity contribution is 5.90. The van der Waals surface area contributed by atoms with Gasteiger partial charge >= 0.3 is 5.97 Å². The zero-order valence-corrected chi connectivity index (χ0v) is 18.0. The lowest BCUT2D eigenvalue weighted by Gasteiger charge is -2.58. The third-order valence-electron chi connectivity index (χ3n) is 8.93. The van der Waals surface area contributed by atoms with Crippen molar-refractivity contribution < 1.29 is 19.4 Å². The Bertz CT molecular complexity index is 709. The number of hydrogen-bond donors (Lipinski definition) is 1. The van der Waals surface area contributed by atoms with Gasteiger partial charge in [0.2, 0.25) is 0 Å². The van der Waals surface area contributed by atoms with Gasteiger partial charge in [-0.15, -0.1) is 0 Å². The average molecular weight is 389 g/mol. The first-order valence-corrected chi connectivity index (χ1v) is 11.2. The zero-order valence-electron chi connectivity index (χ0n) is 18.0. The molecule has 3 fully saturated rings. The highest BCUT2D eigenvalue weighted by Gasteiger charge is 2.84. The molecule has 0 amide bonds. The SMILES string of the molecule is CC(C)COCC12CC3C(CC[C@H]3C)[C@]3(C=O)CC1C=C(C(C)C)C23C(=O)O. The summed E-state index contributed by atoms with van der Waals surface area (Å²) in [5.41, 5.74) is -1.35. The van der Waals surface area contributed by atoms with Gasteiger partial charge in [0.25, 0.3) is 0 Å². The number of aliphatic carboxylic acids is 1. The molecule has 4 nitrogen and oxygen atoms in total. The van der Waals surface area contributed by atoms with E-state index < -0.39 is 22.2 Å². The Labute approximate surface area is 169 Å². The predicted octanol–water partition coefficient (Wildman–Crippen LogP) is 4.58. The molecule has 7 atom stereocenters. The molecule has 4 heteroatoms. The minimum atomic E-state index is -1.09. The number of hydrogen-bond acceptors (Lipinski definition) is 3. The Morgan fingerprint density at radius 3 is 2.57 bits per heavy atom. The number of allylic oxidation sites excluding steroid dienone is 1. The van der Waals surface area contributed by atoms with E-state index in [9.17, 15) is 14.7 Å². The molecule has 0 spiro atoms. The van der Waals surface area contributed by atoms with Crippen LogP contribution in [0, 0.1) is 51.8 Å². The number of carboxylic acid groups (broad SMARTS) is 1. The lowest BCUT2D eigenvalue weighted by atomic mass is 9.43. The second-order valence-electron chi connectivity index (χ2n) is 10.9. The fourth-order valence-corrected chi connectivity index (χ4v) is 8.11. The molecule has 0 aromatic heterocycles. The summed E-state index contributed by atoms with van der Waals surface area (Å²) in [7, 11) is 0. The molecule has 4 rings (SSSR count). The van der Waals surface area contributed by atoms with E-state index in [-0.39, 0.29) is 17.8 Å². The Kier molecular flexibility index (Phi) is 4.61. The molecule has 3 saturated carbocycles. The topological polar surface area (TPSA) is 63.6 Å². The molecular weight excluding hydrogens is 352 g/mol. The average Bonchev–Trinajstić information content (AvgIpc) is 3.18. The molecule has 0 radical (unpaired) electrons. The van der Waals surface area contributed by atoms with Gasteiger partial charge in [-0.25, -0.2) is 0 Å². The molecule has 0 heterocycles. The Balaban J connectivity index is 1.90. The van der Waals surface area contributed by atoms with Crippen molar-refractivity contribution in [1.82, 2.24) is 0 Å². The number of ether oxygens (including phenoxy) is 1. The Morgan fingerprint density at radius 1 is 1.29 bits per heavy atom. The molecule has 0 aliphatic heterocycles. The molecule has 0 aromatic carbocycles. The molecule has 4 bridgehead atoms. The number of aldehydes is 1. The van der Waals surface area contributed by atoms with E-state index in [0.717, 1.165) is 31.1 Å². The fraction of sp³-hybridized carbons (Fsp3) is 0.833. The van der Waals surface area contributed by atoms with Crippen LogP contribution in [0.4, 0.5) is 0 Å². The first-order valence-electron chi connectivity index (χ1n) is 11.2. The van der Waals surface area contributed by atoms with Crippen molar-refractivity contribution in [3.8, 4) is 0 Å². The van der Waals surface area contributed by atoms with Crippen LogP contribution in [-0.4, -0.2) is 30.6 Å². The van der Waals surface area contributed by atoms with Crippen LogP contribution in [0.15, 0.2) is 11.6 Å². The summed E-state index contributed by atoms with van der Waals surface area (Å²) in [5.74, 6) is 1.07. The van der Waals surface area contributed by atoms with Gasteiger partial charge in [0, 0.05) is 12.0 Å². The van der Waals surface area contributed by atoms with Gasteiger partial charge in [-0.2, -0.15) is 0 Å². The summed E-state index contributed by atoms with van der Waals surface area (Å²) in [4.78, 5) is 26.0. The molecular formula is C24H36O4. The van der Waals surface area contributed by atoms with Crippen molar-refractivity contribution in [2.45, 2.75) is 60.3 Å². The zero-order chi connectivity index (χ0) is 20.5. The quantitative estimate of drug-likeness (QED) is 0.512. The lowest BCUT2D eigenvalue weighted by Crippen LogP contribution is -2.63. The van der Waals surface area contributed by atoms with E-state index in [4.69, 9.17) is 4.74 Å². The van der Waals surface area contributed by atoms with Gasteiger partial charge in [-0.1, -0.05) is 52.7 Å². The van der Waals surface area contributed by atoms with Crippen molar-refractivity contribution in [3.05, 3.63) is 11.6 Å². The number of carbonyl (C=O) groups is 2. The van der Waals surface area contributed by atoms with E-state index in [1.165, 1.54) is 0 Å². The minimum Gasteiger partial charge on any atom is -0.481 e. The third kappa shape index (κ3) is 2.11. The summed E-state index contributed by atoms with van der Waals surface area (Å²) in [6.45, 7) is 11.8. The van der Waals surface area contributed by atoms with Crippen molar-refractivity contribution >= 4 is 12.3 Å². The van der Waals surface area contributed by atoms with Crippen molar-refractivity contribution in [2.75, 3.05) is 13.2 Å². The molecule has 1 N–H and O–H groups in total. The lowest BCUT2D eigenvalue weighted by molar-refractivity contribution is -0.186. The number of rotatable bonds is 7. The van der Waals surface area contributed by atoms with Crippen LogP contribution >= 0.6 is 0 Å². The molecule has 0 saturated heterocycles. The highest BCUT2D eigenvalue weighted by Crippen LogP contribution is 2.82. The van der Waals surface area contributed by atoms with Crippen LogP contribution in [-0.2, 0) is 14.3 Å². The van der Waals surface area contributed by atoms with Crippen LogP contribution in [0.2, 0.25) is 0 Å². The molecule has 4 aliphatic rings. The van der Waals surface area contributed by atoms with E-state index >= 15 is 0 Å². The standard InChI is InChI=1S/C24H36O4/c1-14(2)11-28-13-23-10-18-16(5)6-7-19(18)22(12-25)9-17(23)8-20(15(3)4)24(22,23)21(26)27/h8,12,14-19H,6-7,9-11,13H2,1-5H3,(H,26,27)/t16-,17?,18?,19?,22-,23?,24?/m1/s1. The van der Waals surface area contributed by atoms with Gasteiger partial charge in [0.15, 0.2) is 0 Å². The van der Waals surface area contributed by atoms with Crippen LogP contribution < -0.4 is 0 Å². The van der Waals surface area contributed by atoms with Crippen molar-refractivity contribution in [2.24, 2.45) is 51.8 Å². The van der Waals surface area contributed by atoms with Gasteiger partial charge < -0.3 is 14.6 Å². The van der Waals surface area contributed by atoms with E-state index in [1.54, 1.807) is 0 Å². The number of carboxylic acids is 1. The maximum Gasteiger partial charge on any atom is 0.315 e. The normalized spacial score (nSPS) is 46.2. The first kappa shape index (κ1) is 20.1. The number of carbonyl (C=O) groups excluding carboxylic acids is 1. The fourth-order valence-electron chi connectivity index (χ4n) is 8.11. The van der Waals surface area contributed by atoms with Gasteiger partial charge in [0.1, 0.15) is 11.7 Å². The molecule has 0 aromatic rings. The van der Waals surface area contributed by atoms with Crippen LogP contribution in [0.1, 0.15) is 60.3 Å². The van der Waals surface area contributed by atoms with Crippen LogP contribution in [0.5, 0.6) is 0 Å². The largest absolute Gasteiger partial charge is 0.481 e. The van der Waals surface area contributed by atoms with Gasteiger partial charge in [0.05, 0.1) is 12.0 Å². The van der Waals surface area contributed by atoms with Crippen LogP contribution in [0.25, 0.3) is 0 Å². The molecule has 156 valence electrons. The first-order chi connectivity index (χ1) is 13.2. The summed E-state index contributed by atoms with van der Waals surface area (Å²) in [5, 5.41) is 10.8. The Morgan fingerprint density at radius 2 is 2.00 bits per heavy atom. The monoisotopic (exact) mass is 388 g/mol. The van der Waals surface area contributed by atoms with E-state index in [0.29, 0.717) is 37.4 Å². The molecule has 28 heavy (non-hydrogen) atoms. The van der Waals surface area contributed by atoms with E-state index in [2.05, 4.69) is 40.7 Å². The predicted molar refractivity (Wildman–Crippen MR) is 108 cm³/mol. The van der Waals surface area contributed by atoms with Crippen molar-refractivity contribution in [3.63, 3.8) is 0 Å². The molecule has 5 unspecified atom stereocenters. The van der Waals surface area contributed by atoms with Gasteiger partial charge in [-0.3, -0.25) is 4.79 Å². The maximum absolute atomic E-state index is 13.2. The number of fused-ring (bicyclic) bond motifs is 2. The summed E-state index contributed by atoms with van der Waals surface area (Å²) in [6, 6.07) is 0. The second kappa shape index (κ2) is 6.42. The summed E-state index contributed by atoms with van der Waals surface area (Å²) in [6.07, 6.45) is 7.00. The van der Waals surface area contributed by atoms with E-state index in [1.807, 2.05) is 0 Å². The van der Waals surface area contributed by atoms with Gasteiger partial charge in [-0.05, 0) is 54.8 Å². The smallest absolute Gasteiger partial charge is 0.315 e. The summed E-state index contributed by atoms with van der Waals surface area (Å²) >= 11 is 0. The van der Waals surface area contributed by atoms with Crippen LogP contribution in [0.3, 0.4) is 0 Å². The Hall–Kier alpha value is -1.16. The second-order valence-corrected chi connectivity index (χ2v) is 10.9.